The Bertz CT molecular complexity index is 308. The number of benzene rings is 1. The largest absolute Gasteiger partial charge is 0.380 e. The fourth-order valence-electron chi connectivity index (χ4n) is 1.51. The lowest BCUT2D eigenvalue weighted by atomic mass is 10.2. The Hall–Kier alpha value is -0.380. The van der Waals surface area contributed by atoms with E-state index in [-0.39, 0.29) is 0 Å². The third kappa shape index (κ3) is 4.64. The van der Waals surface area contributed by atoms with Gasteiger partial charge in [0.15, 0.2) is 0 Å². The van der Waals surface area contributed by atoms with E-state index in [4.69, 9.17) is 4.74 Å². The van der Waals surface area contributed by atoms with Gasteiger partial charge in [0.1, 0.15) is 0 Å². The SMILES string of the molecule is Brc1ccc(CNCCOCC2CC2)cc1. The van der Waals surface area contributed by atoms with Crippen molar-refractivity contribution in [2.24, 2.45) is 5.92 Å². The highest BCUT2D eigenvalue weighted by Gasteiger charge is 2.20. The maximum Gasteiger partial charge on any atom is 0.0591 e. The molecule has 1 saturated carbocycles. The van der Waals surface area contributed by atoms with Gasteiger partial charge in [0.05, 0.1) is 6.61 Å². The van der Waals surface area contributed by atoms with Gasteiger partial charge < -0.3 is 10.1 Å². The molecule has 3 heteroatoms. The van der Waals surface area contributed by atoms with Gasteiger partial charge >= 0.3 is 0 Å². The molecule has 0 aromatic heterocycles. The summed E-state index contributed by atoms with van der Waals surface area (Å²) in [6, 6.07) is 8.39. The van der Waals surface area contributed by atoms with Crippen molar-refractivity contribution in [1.29, 1.82) is 0 Å². The van der Waals surface area contributed by atoms with E-state index < -0.39 is 0 Å². The summed E-state index contributed by atoms with van der Waals surface area (Å²) in [6.07, 6.45) is 2.73. The number of hydrogen-bond donors (Lipinski definition) is 1. The molecular weight excluding hydrogens is 266 g/mol. The molecular formula is C13H18BrNO. The van der Waals surface area contributed by atoms with E-state index in [1.54, 1.807) is 0 Å². The van der Waals surface area contributed by atoms with Crippen LogP contribution in [0.4, 0.5) is 0 Å². The first-order valence-corrected chi connectivity index (χ1v) is 6.67. The van der Waals surface area contributed by atoms with Crippen molar-refractivity contribution in [2.45, 2.75) is 19.4 Å². The van der Waals surface area contributed by atoms with Crippen LogP contribution in [0.25, 0.3) is 0 Å². The zero-order chi connectivity index (χ0) is 11.2. The standard InChI is InChI=1S/C13H18BrNO/c14-13-5-3-11(4-6-13)9-15-7-8-16-10-12-1-2-12/h3-6,12,15H,1-2,7-10H2. The smallest absolute Gasteiger partial charge is 0.0591 e. The number of nitrogens with one attached hydrogen (secondary N) is 1. The van der Waals surface area contributed by atoms with Crippen LogP contribution in [0.1, 0.15) is 18.4 Å². The van der Waals surface area contributed by atoms with Crippen LogP contribution in [0.3, 0.4) is 0 Å². The van der Waals surface area contributed by atoms with Gasteiger partial charge in [0.2, 0.25) is 0 Å². The maximum atomic E-state index is 5.54. The molecule has 1 aliphatic carbocycles. The summed E-state index contributed by atoms with van der Waals surface area (Å²) in [5.74, 6) is 0.867. The van der Waals surface area contributed by atoms with Crippen molar-refractivity contribution in [3.63, 3.8) is 0 Å². The average Bonchev–Trinajstić information content (AvgIpc) is 3.10. The maximum absolute atomic E-state index is 5.54. The minimum absolute atomic E-state index is 0.826. The van der Waals surface area contributed by atoms with Crippen LogP contribution >= 0.6 is 15.9 Å². The van der Waals surface area contributed by atoms with Gasteiger partial charge in [0.25, 0.3) is 0 Å². The van der Waals surface area contributed by atoms with Gasteiger partial charge in [-0.1, -0.05) is 28.1 Å². The molecule has 0 amide bonds. The lowest BCUT2D eigenvalue weighted by molar-refractivity contribution is 0.126. The van der Waals surface area contributed by atoms with Gasteiger partial charge in [-0.05, 0) is 36.5 Å². The van der Waals surface area contributed by atoms with Crippen molar-refractivity contribution in [3.8, 4) is 0 Å². The van der Waals surface area contributed by atoms with Crippen molar-refractivity contribution < 1.29 is 4.74 Å². The predicted molar refractivity (Wildman–Crippen MR) is 69.4 cm³/mol. The van der Waals surface area contributed by atoms with Gasteiger partial charge in [-0.3, -0.25) is 0 Å². The molecule has 0 aliphatic heterocycles. The Morgan fingerprint density at radius 2 is 2.00 bits per heavy atom. The molecule has 1 aromatic carbocycles. The third-order valence-electron chi connectivity index (χ3n) is 2.72. The Kier molecular flexibility index (Phi) is 4.82. The van der Waals surface area contributed by atoms with E-state index in [1.165, 1.54) is 18.4 Å². The van der Waals surface area contributed by atoms with Crippen molar-refractivity contribution in [3.05, 3.63) is 34.3 Å². The fourth-order valence-corrected chi connectivity index (χ4v) is 1.78. The highest BCUT2D eigenvalue weighted by molar-refractivity contribution is 9.10. The van der Waals surface area contributed by atoms with Crippen LogP contribution in [0.15, 0.2) is 28.7 Å². The quantitative estimate of drug-likeness (QED) is 0.777. The summed E-state index contributed by atoms with van der Waals surface area (Å²) in [4.78, 5) is 0. The summed E-state index contributed by atoms with van der Waals surface area (Å²) in [6.45, 7) is 3.63. The summed E-state index contributed by atoms with van der Waals surface area (Å²) < 4.78 is 6.67. The van der Waals surface area contributed by atoms with Crippen LogP contribution < -0.4 is 5.32 Å². The van der Waals surface area contributed by atoms with Crippen LogP contribution in [0.2, 0.25) is 0 Å². The highest BCUT2D eigenvalue weighted by atomic mass is 79.9. The monoisotopic (exact) mass is 283 g/mol. The average molecular weight is 284 g/mol. The van der Waals surface area contributed by atoms with Gasteiger partial charge in [0, 0.05) is 24.2 Å². The van der Waals surface area contributed by atoms with Crippen LogP contribution in [0.5, 0.6) is 0 Å². The fraction of sp³-hybridized carbons (Fsp3) is 0.538. The van der Waals surface area contributed by atoms with Crippen LogP contribution in [-0.2, 0) is 11.3 Å². The number of ether oxygens (including phenoxy) is 1. The third-order valence-corrected chi connectivity index (χ3v) is 3.24. The van der Waals surface area contributed by atoms with E-state index in [1.807, 2.05) is 0 Å². The molecule has 1 aromatic rings. The molecule has 0 unspecified atom stereocenters. The molecule has 1 aliphatic rings. The molecule has 0 bridgehead atoms. The number of rotatable bonds is 7. The Labute approximate surface area is 106 Å². The first kappa shape index (κ1) is 12.1. The molecule has 88 valence electrons. The number of halogens is 1. The summed E-state index contributed by atoms with van der Waals surface area (Å²) in [5, 5.41) is 3.37. The van der Waals surface area contributed by atoms with Gasteiger partial charge in [-0.15, -0.1) is 0 Å². The van der Waals surface area contributed by atoms with Crippen molar-refractivity contribution in [2.75, 3.05) is 19.8 Å². The zero-order valence-electron chi connectivity index (χ0n) is 9.42. The van der Waals surface area contributed by atoms with E-state index in [0.29, 0.717) is 0 Å². The van der Waals surface area contributed by atoms with E-state index in [0.717, 1.165) is 36.7 Å². The predicted octanol–water partition coefficient (Wildman–Crippen LogP) is 2.97. The molecule has 0 saturated heterocycles. The highest BCUT2D eigenvalue weighted by Crippen LogP contribution is 2.28. The normalized spacial score (nSPS) is 15.3. The lowest BCUT2D eigenvalue weighted by Crippen LogP contribution is -2.19. The molecule has 16 heavy (non-hydrogen) atoms. The van der Waals surface area contributed by atoms with Crippen molar-refractivity contribution >= 4 is 15.9 Å². The van der Waals surface area contributed by atoms with Crippen LogP contribution in [-0.4, -0.2) is 19.8 Å². The molecule has 1 fully saturated rings. The molecule has 0 spiro atoms. The van der Waals surface area contributed by atoms with Crippen molar-refractivity contribution in [1.82, 2.24) is 5.32 Å². The summed E-state index contributed by atoms with van der Waals surface area (Å²) in [7, 11) is 0. The second kappa shape index (κ2) is 6.38. The molecule has 2 nitrogen and oxygen atoms in total. The Morgan fingerprint density at radius 1 is 1.25 bits per heavy atom. The van der Waals surface area contributed by atoms with Gasteiger partial charge in [-0.25, -0.2) is 0 Å². The zero-order valence-corrected chi connectivity index (χ0v) is 11.0. The molecule has 1 N–H and O–H groups in total. The molecule has 2 rings (SSSR count). The summed E-state index contributed by atoms with van der Waals surface area (Å²) in [5.41, 5.74) is 1.31. The van der Waals surface area contributed by atoms with E-state index in [9.17, 15) is 0 Å². The molecule has 0 atom stereocenters. The second-order valence-corrected chi connectivity index (χ2v) is 5.24. The van der Waals surface area contributed by atoms with E-state index in [2.05, 4.69) is 45.5 Å². The Morgan fingerprint density at radius 3 is 2.69 bits per heavy atom. The minimum Gasteiger partial charge on any atom is -0.380 e. The topological polar surface area (TPSA) is 21.3 Å². The molecule has 0 heterocycles. The Balaban J connectivity index is 1.51. The summed E-state index contributed by atoms with van der Waals surface area (Å²) >= 11 is 3.43. The van der Waals surface area contributed by atoms with Gasteiger partial charge in [-0.2, -0.15) is 0 Å². The van der Waals surface area contributed by atoms with E-state index >= 15 is 0 Å². The lowest BCUT2D eigenvalue weighted by Gasteiger charge is -2.06. The first-order valence-electron chi connectivity index (χ1n) is 5.87. The second-order valence-electron chi connectivity index (χ2n) is 4.32. The molecule has 0 radical (unpaired) electrons. The minimum atomic E-state index is 0.826. The van der Waals surface area contributed by atoms with Crippen LogP contribution in [0, 0.1) is 5.92 Å². The number of hydrogen-bond acceptors (Lipinski definition) is 2. The first-order chi connectivity index (χ1) is 7.84.